The molecule has 0 aliphatic heterocycles. The van der Waals surface area contributed by atoms with Gasteiger partial charge in [0.2, 0.25) is 0 Å². The van der Waals surface area contributed by atoms with Gasteiger partial charge >= 0.3 is 17.9 Å². The molecule has 0 saturated heterocycles. The molecule has 356 valence electrons. The van der Waals surface area contributed by atoms with Crippen LogP contribution in [0.1, 0.15) is 292 Å². The average Bonchev–Trinajstić information content (AvgIpc) is 3.20. The van der Waals surface area contributed by atoms with Crippen LogP contribution < -0.4 is 0 Å². The second-order valence-corrected chi connectivity index (χ2v) is 19.9. The first-order valence-electron chi connectivity index (χ1n) is 26.6. The second-order valence-electron chi connectivity index (χ2n) is 19.9. The molecule has 0 aromatic carbocycles. The zero-order valence-corrected chi connectivity index (χ0v) is 41.3. The van der Waals surface area contributed by atoms with E-state index in [9.17, 15) is 14.4 Å². The van der Waals surface area contributed by atoms with Gasteiger partial charge in [-0.2, -0.15) is 0 Å². The summed E-state index contributed by atoms with van der Waals surface area (Å²) >= 11 is 0. The fourth-order valence-electron chi connectivity index (χ4n) is 8.12. The molecular weight excluding hydrogens is 745 g/mol. The van der Waals surface area contributed by atoms with E-state index in [1.54, 1.807) is 0 Å². The van der Waals surface area contributed by atoms with Gasteiger partial charge in [-0.05, 0) is 37.0 Å². The van der Waals surface area contributed by atoms with Crippen LogP contribution in [0, 0.1) is 17.8 Å². The molecule has 0 amide bonds. The molecular formula is C54H104O6. The molecule has 0 heterocycles. The Bertz CT molecular complexity index is 929. The fraction of sp³-hybridized carbons (Fsp3) is 0.944. The van der Waals surface area contributed by atoms with Crippen molar-refractivity contribution < 1.29 is 28.6 Å². The van der Waals surface area contributed by atoms with Crippen molar-refractivity contribution in [3.8, 4) is 0 Å². The lowest BCUT2D eigenvalue weighted by Crippen LogP contribution is -2.30. The van der Waals surface area contributed by atoms with Crippen molar-refractivity contribution >= 4 is 17.9 Å². The third-order valence-electron chi connectivity index (χ3n) is 12.1. The molecule has 6 nitrogen and oxygen atoms in total. The molecule has 60 heavy (non-hydrogen) atoms. The number of carbonyl (C=O) groups is 3. The predicted molar refractivity (Wildman–Crippen MR) is 256 cm³/mol. The van der Waals surface area contributed by atoms with Crippen molar-refractivity contribution in [1.82, 2.24) is 0 Å². The Morgan fingerprint density at radius 1 is 0.283 bits per heavy atom. The first kappa shape index (κ1) is 58.4. The summed E-state index contributed by atoms with van der Waals surface area (Å²) in [4.78, 5) is 37.9. The molecule has 1 atom stereocenters. The SMILES string of the molecule is CC(C)CCCCCCCCCCCCCCCCC(=O)OC[C@H](COC(=O)CCCCCCCCCCCCCCCC(C)C)OC(=O)CCCCCCCCC(C)C. The van der Waals surface area contributed by atoms with Crippen molar-refractivity contribution in [2.24, 2.45) is 17.8 Å². The van der Waals surface area contributed by atoms with Gasteiger partial charge in [-0.15, -0.1) is 0 Å². The van der Waals surface area contributed by atoms with E-state index in [1.807, 2.05) is 0 Å². The number of carbonyl (C=O) groups excluding carboxylic acids is 3. The van der Waals surface area contributed by atoms with Crippen LogP contribution in [0.2, 0.25) is 0 Å². The molecule has 0 aliphatic carbocycles. The van der Waals surface area contributed by atoms with E-state index in [0.717, 1.165) is 75.5 Å². The topological polar surface area (TPSA) is 78.9 Å². The summed E-state index contributed by atoms with van der Waals surface area (Å²) in [5.74, 6) is 1.59. The zero-order chi connectivity index (χ0) is 44.2. The molecule has 0 N–H and O–H groups in total. The molecule has 0 radical (unpaired) electrons. The largest absolute Gasteiger partial charge is 0.462 e. The summed E-state index contributed by atoms with van der Waals surface area (Å²) in [5.41, 5.74) is 0. The molecule has 0 unspecified atom stereocenters. The van der Waals surface area contributed by atoms with Gasteiger partial charge in [-0.3, -0.25) is 14.4 Å². The molecule has 0 fully saturated rings. The van der Waals surface area contributed by atoms with Gasteiger partial charge in [-0.25, -0.2) is 0 Å². The van der Waals surface area contributed by atoms with E-state index >= 15 is 0 Å². The number of hydrogen-bond donors (Lipinski definition) is 0. The quantitative estimate of drug-likeness (QED) is 0.0345. The van der Waals surface area contributed by atoms with Crippen LogP contribution in [0.4, 0.5) is 0 Å². The second kappa shape index (κ2) is 45.4. The Labute approximate surface area is 374 Å². The first-order valence-corrected chi connectivity index (χ1v) is 26.6. The Morgan fingerprint density at radius 2 is 0.483 bits per heavy atom. The minimum Gasteiger partial charge on any atom is -0.462 e. The lowest BCUT2D eigenvalue weighted by Gasteiger charge is -2.18. The normalized spacial score (nSPS) is 12.2. The summed E-state index contributed by atoms with van der Waals surface area (Å²) in [5, 5.41) is 0. The van der Waals surface area contributed by atoms with Gasteiger partial charge in [0.25, 0.3) is 0 Å². The summed E-state index contributed by atoms with van der Waals surface area (Å²) in [7, 11) is 0. The lowest BCUT2D eigenvalue weighted by molar-refractivity contribution is -0.167. The highest BCUT2D eigenvalue weighted by molar-refractivity contribution is 5.71. The Kier molecular flexibility index (Phi) is 44.2. The van der Waals surface area contributed by atoms with Crippen molar-refractivity contribution in [2.75, 3.05) is 13.2 Å². The third-order valence-corrected chi connectivity index (χ3v) is 12.1. The van der Waals surface area contributed by atoms with Gasteiger partial charge in [-0.1, -0.05) is 253 Å². The highest BCUT2D eigenvalue weighted by Crippen LogP contribution is 2.18. The smallest absolute Gasteiger partial charge is 0.306 e. The van der Waals surface area contributed by atoms with Crippen LogP contribution >= 0.6 is 0 Å². The molecule has 0 spiro atoms. The number of hydrogen-bond acceptors (Lipinski definition) is 6. The van der Waals surface area contributed by atoms with Gasteiger partial charge < -0.3 is 14.2 Å². The van der Waals surface area contributed by atoms with Crippen LogP contribution in [0.25, 0.3) is 0 Å². The molecule has 0 aromatic heterocycles. The van der Waals surface area contributed by atoms with E-state index in [2.05, 4.69) is 41.5 Å². The van der Waals surface area contributed by atoms with E-state index in [-0.39, 0.29) is 31.1 Å². The van der Waals surface area contributed by atoms with Crippen LogP contribution in [0.3, 0.4) is 0 Å². The zero-order valence-electron chi connectivity index (χ0n) is 41.3. The molecule has 0 rings (SSSR count). The minimum absolute atomic E-state index is 0.0653. The van der Waals surface area contributed by atoms with Gasteiger partial charge in [0.1, 0.15) is 13.2 Å². The molecule has 0 aromatic rings. The summed E-state index contributed by atoms with van der Waals surface area (Å²) in [6.07, 6.45) is 45.4. The standard InChI is InChI=1S/C54H104O6/c1-48(2)40-34-28-22-18-14-10-7-8-12-16-20-24-31-37-43-52(55)58-46-51(60-54(57)45-39-33-27-26-30-36-42-50(5)6)47-59-53(56)44-38-32-25-21-17-13-9-11-15-19-23-29-35-41-49(3)4/h48-51H,7-47H2,1-6H3/t51-/m1/s1. The number of ether oxygens (including phenoxy) is 3. The first-order chi connectivity index (χ1) is 29.1. The molecule has 0 saturated carbocycles. The molecule has 6 heteroatoms. The van der Waals surface area contributed by atoms with E-state index in [4.69, 9.17) is 14.2 Å². The van der Waals surface area contributed by atoms with Crippen LogP contribution in [-0.4, -0.2) is 37.2 Å². The number of esters is 3. The highest BCUT2D eigenvalue weighted by Gasteiger charge is 2.19. The molecule has 0 bridgehead atoms. The minimum atomic E-state index is -0.763. The third kappa shape index (κ3) is 47.5. The monoisotopic (exact) mass is 849 g/mol. The van der Waals surface area contributed by atoms with Crippen LogP contribution in [0.15, 0.2) is 0 Å². The molecule has 0 aliphatic rings. The van der Waals surface area contributed by atoms with Crippen molar-refractivity contribution in [2.45, 2.75) is 298 Å². The van der Waals surface area contributed by atoms with E-state index in [1.165, 1.54) is 173 Å². The number of unbranched alkanes of at least 4 members (excludes halogenated alkanes) is 30. The van der Waals surface area contributed by atoms with Crippen molar-refractivity contribution in [3.05, 3.63) is 0 Å². The lowest BCUT2D eigenvalue weighted by atomic mass is 10.0. The van der Waals surface area contributed by atoms with E-state index in [0.29, 0.717) is 19.3 Å². The summed E-state index contributed by atoms with van der Waals surface area (Å²) in [6, 6.07) is 0. The maximum absolute atomic E-state index is 12.7. The van der Waals surface area contributed by atoms with Gasteiger partial charge in [0, 0.05) is 19.3 Å². The van der Waals surface area contributed by atoms with Crippen molar-refractivity contribution in [3.63, 3.8) is 0 Å². The Morgan fingerprint density at radius 3 is 0.717 bits per heavy atom. The van der Waals surface area contributed by atoms with Crippen LogP contribution in [0.5, 0.6) is 0 Å². The Balaban J connectivity index is 4.23. The fourth-order valence-corrected chi connectivity index (χ4v) is 8.12. The van der Waals surface area contributed by atoms with Gasteiger partial charge in [0.05, 0.1) is 0 Å². The maximum Gasteiger partial charge on any atom is 0.306 e. The maximum atomic E-state index is 12.7. The Hall–Kier alpha value is -1.59. The number of rotatable bonds is 47. The van der Waals surface area contributed by atoms with E-state index < -0.39 is 6.10 Å². The summed E-state index contributed by atoms with van der Waals surface area (Å²) in [6.45, 7) is 13.7. The predicted octanol–water partition coefficient (Wildman–Crippen LogP) is 17.2. The highest BCUT2D eigenvalue weighted by atomic mass is 16.6. The van der Waals surface area contributed by atoms with Crippen LogP contribution in [-0.2, 0) is 28.6 Å². The summed E-state index contributed by atoms with van der Waals surface area (Å²) < 4.78 is 16.8. The van der Waals surface area contributed by atoms with Crippen molar-refractivity contribution in [1.29, 1.82) is 0 Å². The average molecular weight is 849 g/mol. The van der Waals surface area contributed by atoms with Gasteiger partial charge in [0.15, 0.2) is 6.10 Å².